The van der Waals surface area contributed by atoms with E-state index < -0.39 is 0 Å². The van der Waals surface area contributed by atoms with Gasteiger partial charge in [0.1, 0.15) is 5.69 Å². The van der Waals surface area contributed by atoms with Crippen molar-refractivity contribution in [3.63, 3.8) is 0 Å². The summed E-state index contributed by atoms with van der Waals surface area (Å²) in [6.07, 6.45) is 0. The molecule has 0 spiro atoms. The Balaban J connectivity index is 1.94. The number of hydrogen-bond acceptors (Lipinski definition) is 4. The minimum absolute atomic E-state index is 0.0218. The number of thioether (sulfide) groups is 1. The lowest BCUT2D eigenvalue weighted by molar-refractivity contribution is 0.0748. The maximum Gasteiger partial charge on any atom is 0.272 e. The minimum Gasteiger partial charge on any atom is -0.398 e. The molecule has 3 rings (SSSR count). The van der Waals surface area contributed by atoms with E-state index in [0.717, 1.165) is 24.0 Å². The topological polar surface area (TPSA) is 59.2 Å². The van der Waals surface area contributed by atoms with Gasteiger partial charge in [0.2, 0.25) is 0 Å². The number of rotatable bonds is 1. The first-order valence-corrected chi connectivity index (χ1v) is 8.09. The van der Waals surface area contributed by atoms with Gasteiger partial charge < -0.3 is 10.6 Å². The van der Waals surface area contributed by atoms with E-state index in [9.17, 15) is 4.79 Å². The lowest BCUT2D eigenvalue weighted by Gasteiger charge is -2.34. The first kappa shape index (κ1) is 14.2. The molecule has 2 atom stereocenters. The summed E-state index contributed by atoms with van der Waals surface area (Å²) in [5.41, 5.74) is 7.89. The summed E-state index contributed by atoms with van der Waals surface area (Å²) in [5, 5.41) is 1.80. The van der Waals surface area contributed by atoms with Gasteiger partial charge in [0.25, 0.3) is 5.91 Å². The number of pyridine rings is 1. The third-order valence-electron chi connectivity index (χ3n) is 3.67. The molecule has 110 valence electrons. The van der Waals surface area contributed by atoms with Crippen LogP contribution in [0, 0.1) is 0 Å². The van der Waals surface area contributed by atoms with Crippen molar-refractivity contribution < 1.29 is 4.79 Å². The standard InChI is InChI=1S/C16H19N3OS/c1-10-8-19(9-11(2)21-10)16(20)15-7-13(17)12-5-3-4-6-14(12)18-15/h3-7,10-11H,8-9H2,1-2H3,(H2,17,18). The molecule has 2 aromatic rings. The van der Waals surface area contributed by atoms with Gasteiger partial charge in [-0.25, -0.2) is 4.98 Å². The summed E-state index contributed by atoms with van der Waals surface area (Å²) in [6.45, 7) is 5.84. The molecule has 0 radical (unpaired) electrons. The van der Waals surface area contributed by atoms with Crippen LogP contribution in [0.4, 0.5) is 5.69 Å². The van der Waals surface area contributed by atoms with Crippen LogP contribution in [0.5, 0.6) is 0 Å². The third-order valence-corrected chi connectivity index (χ3v) is 4.90. The zero-order valence-corrected chi connectivity index (χ0v) is 13.1. The predicted molar refractivity (Wildman–Crippen MR) is 88.6 cm³/mol. The third kappa shape index (κ3) is 2.83. The number of nitrogens with zero attached hydrogens (tertiary/aromatic N) is 2. The van der Waals surface area contributed by atoms with Crippen LogP contribution < -0.4 is 5.73 Å². The Bertz CT molecular complexity index is 678. The van der Waals surface area contributed by atoms with Gasteiger partial charge in [-0.15, -0.1) is 0 Å². The van der Waals surface area contributed by atoms with Gasteiger partial charge in [0.05, 0.1) is 5.52 Å². The smallest absolute Gasteiger partial charge is 0.272 e. The number of fused-ring (bicyclic) bond motifs is 1. The molecular weight excluding hydrogens is 282 g/mol. The fourth-order valence-corrected chi connectivity index (χ4v) is 4.14. The summed E-state index contributed by atoms with van der Waals surface area (Å²) in [5.74, 6) is -0.0218. The fourth-order valence-electron chi connectivity index (χ4n) is 2.82. The Morgan fingerprint density at radius 2 is 1.95 bits per heavy atom. The molecule has 1 aromatic heterocycles. The van der Waals surface area contributed by atoms with Crippen molar-refractivity contribution in [3.8, 4) is 0 Å². The summed E-state index contributed by atoms with van der Waals surface area (Å²) in [4.78, 5) is 19.1. The summed E-state index contributed by atoms with van der Waals surface area (Å²) in [6, 6.07) is 9.34. The van der Waals surface area contributed by atoms with Gasteiger partial charge in [-0.3, -0.25) is 4.79 Å². The summed E-state index contributed by atoms with van der Waals surface area (Å²) >= 11 is 1.92. The van der Waals surface area contributed by atoms with E-state index >= 15 is 0 Å². The average molecular weight is 301 g/mol. The van der Waals surface area contributed by atoms with Crippen molar-refractivity contribution in [2.45, 2.75) is 24.3 Å². The molecular formula is C16H19N3OS. The van der Waals surface area contributed by atoms with Crippen molar-refractivity contribution in [2.24, 2.45) is 0 Å². The van der Waals surface area contributed by atoms with Crippen molar-refractivity contribution in [1.29, 1.82) is 0 Å². The molecule has 2 N–H and O–H groups in total. The second kappa shape index (κ2) is 5.56. The van der Waals surface area contributed by atoms with Crippen molar-refractivity contribution in [3.05, 3.63) is 36.0 Å². The van der Waals surface area contributed by atoms with Crippen molar-refractivity contribution >= 4 is 34.3 Å². The molecule has 21 heavy (non-hydrogen) atoms. The molecule has 1 aromatic carbocycles. The minimum atomic E-state index is -0.0218. The normalized spacial score (nSPS) is 22.5. The van der Waals surface area contributed by atoms with Gasteiger partial charge in [-0.2, -0.15) is 11.8 Å². The van der Waals surface area contributed by atoms with Crippen LogP contribution in [0.1, 0.15) is 24.3 Å². The molecule has 2 heterocycles. The highest BCUT2D eigenvalue weighted by molar-refractivity contribution is 8.00. The molecule has 0 saturated carbocycles. The molecule has 1 saturated heterocycles. The molecule has 1 amide bonds. The molecule has 1 fully saturated rings. The van der Waals surface area contributed by atoms with Crippen molar-refractivity contribution in [2.75, 3.05) is 18.8 Å². The molecule has 1 aliphatic rings. The number of aromatic nitrogens is 1. The van der Waals surface area contributed by atoms with E-state index in [1.54, 1.807) is 6.07 Å². The zero-order chi connectivity index (χ0) is 15.0. The number of amides is 1. The second-order valence-corrected chi connectivity index (χ2v) is 7.46. The SMILES string of the molecule is CC1CN(C(=O)c2cc(N)c3ccccc3n2)CC(C)S1. The Morgan fingerprint density at radius 3 is 2.67 bits per heavy atom. The Hall–Kier alpha value is -1.75. The lowest BCUT2D eigenvalue weighted by Crippen LogP contribution is -2.44. The van der Waals surface area contributed by atoms with E-state index in [2.05, 4.69) is 18.8 Å². The molecule has 0 bridgehead atoms. The van der Waals surface area contributed by atoms with Crippen LogP contribution in [-0.2, 0) is 0 Å². The lowest BCUT2D eigenvalue weighted by atomic mass is 10.1. The maximum absolute atomic E-state index is 12.7. The molecule has 2 unspecified atom stereocenters. The number of carbonyl (C=O) groups excluding carboxylic acids is 1. The van der Waals surface area contributed by atoms with E-state index in [1.165, 1.54) is 0 Å². The Morgan fingerprint density at radius 1 is 1.29 bits per heavy atom. The predicted octanol–water partition coefficient (Wildman–Crippen LogP) is 2.78. The van der Waals surface area contributed by atoms with Gasteiger partial charge in [-0.1, -0.05) is 32.0 Å². The highest BCUT2D eigenvalue weighted by Gasteiger charge is 2.27. The van der Waals surface area contributed by atoms with Gasteiger partial charge in [0, 0.05) is 34.7 Å². The number of hydrogen-bond donors (Lipinski definition) is 1. The van der Waals surface area contributed by atoms with Crippen LogP contribution in [0.15, 0.2) is 30.3 Å². The summed E-state index contributed by atoms with van der Waals surface area (Å²) < 4.78 is 0. The molecule has 4 nitrogen and oxygen atoms in total. The molecule has 5 heteroatoms. The van der Waals surface area contributed by atoms with Gasteiger partial charge >= 0.3 is 0 Å². The monoisotopic (exact) mass is 301 g/mol. The Labute approximate surface area is 128 Å². The van der Waals surface area contributed by atoms with Crippen LogP contribution in [0.2, 0.25) is 0 Å². The Kier molecular flexibility index (Phi) is 3.76. The highest BCUT2D eigenvalue weighted by Crippen LogP contribution is 2.26. The zero-order valence-electron chi connectivity index (χ0n) is 12.2. The van der Waals surface area contributed by atoms with Crippen LogP contribution >= 0.6 is 11.8 Å². The molecule has 0 aliphatic carbocycles. The second-order valence-electron chi connectivity index (χ2n) is 5.58. The number of carbonyl (C=O) groups is 1. The number of anilines is 1. The molecule has 1 aliphatic heterocycles. The number of nitrogen functional groups attached to an aromatic ring is 1. The first-order valence-electron chi connectivity index (χ1n) is 7.14. The van der Waals surface area contributed by atoms with Gasteiger partial charge in [0.15, 0.2) is 0 Å². The van der Waals surface area contributed by atoms with E-state index in [0.29, 0.717) is 21.9 Å². The fraction of sp³-hybridized carbons (Fsp3) is 0.375. The largest absolute Gasteiger partial charge is 0.398 e. The maximum atomic E-state index is 12.7. The van der Waals surface area contributed by atoms with Crippen molar-refractivity contribution in [1.82, 2.24) is 9.88 Å². The van der Waals surface area contributed by atoms with Gasteiger partial charge in [-0.05, 0) is 12.1 Å². The van der Waals surface area contributed by atoms with Crippen LogP contribution in [-0.4, -0.2) is 39.4 Å². The quantitative estimate of drug-likeness (QED) is 0.880. The number of nitrogens with two attached hydrogens (primary N) is 1. The van der Waals surface area contributed by atoms with Crippen LogP contribution in [0.25, 0.3) is 10.9 Å². The highest BCUT2D eigenvalue weighted by atomic mass is 32.2. The van der Waals surface area contributed by atoms with Crippen LogP contribution in [0.3, 0.4) is 0 Å². The van der Waals surface area contributed by atoms with E-state index in [4.69, 9.17) is 5.73 Å². The van der Waals surface area contributed by atoms with E-state index in [1.807, 2.05) is 40.9 Å². The number of benzene rings is 1. The number of para-hydroxylation sites is 1. The van der Waals surface area contributed by atoms with E-state index in [-0.39, 0.29) is 5.91 Å². The summed E-state index contributed by atoms with van der Waals surface area (Å²) in [7, 11) is 0. The first-order chi connectivity index (χ1) is 10.0. The average Bonchev–Trinajstić information content (AvgIpc) is 2.45.